The highest BCUT2D eigenvalue weighted by Crippen LogP contribution is 2.28. The van der Waals surface area contributed by atoms with Gasteiger partial charge in [-0.1, -0.05) is 0 Å². The number of ether oxygens (including phenoxy) is 1. The molecule has 0 saturated carbocycles. The van der Waals surface area contributed by atoms with E-state index in [4.69, 9.17) is 4.74 Å². The molecule has 0 spiro atoms. The molecule has 1 N–H and O–H groups in total. The van der Waals surface area contributed by atoms with Gasteiger partial charge in [0.05, 0.1) is 29.3 Å². The van der Waals surface area contributed by atoms with E-state index in [1.807, 2.05) is 0 Å². The number of aromatic nitrogens is 2. The van der Waals surface area contributed by atoms with Gasteiger partial charge in [0.15, 0.2) is 5.75 Å². The lowest BCUT2D eigenvalue weighted by Crippen LogP contribution is -2.08. The van der Waals surface area contributed by atoms with E-state index in [1.165, 1.54) is 18.7 Å². The maximum Gasteiger partial charge on any atom is 0.343 e. The first-order valence-corrected chi connectivity index (χ1v) is 7.82. The lowest BCUT2D eigenvalue weighted by atomic mass is 10.1. The standard InChI is InChI=1S/C19H16N4O3/c1-12-7-16(8-13(2)18(12)24)23-22-15-5-3-14(4-6-15)19(25)26-17-9-20-11-21-10-17/h3-11,24H,1-2H3/b23-22+. The van der Waals surface area contributed by atoms with Gasteiger partial charge in [0.1, 0.15) is 12.1 Å². The van der Waals surface area contributed by atoms with E-state index in [0.717, 1.165) is 11.1 Å². The fourth-order valence-corrected chi connectivity index (χ4v) is 2.27. The Kier molecular flexibility index (Phi) is 4.98. The van der Waals surface area contributed by atoms with E-state index < -0.39 is 5.97 Å². The minimum absolute atomic E-state index is 0.260. The van der Waals surface area contributed by atoms with Crippen molar-refractivity contribution in [1.82, 2.24) is 9.97 Å². The lowest BCUT2D eigenvalue weighted by Gasteiger charge is -2.04. The Balaban J connectivity index is 1.70. The molecule has 0 aliphatic carbocycles. The third kappa shape index (κ3) is 4.07. The van der Waals surface area contributed by atoms with Crippen LogP contribution in [0.2, 0.25) is 0 Å². The van der Waals surface area contributed by atoms with E-state index in [9.17, 15) is 9.90 Å². The van der Waals surface area contributed by atoms with E-state index in [1.54, 1.807) is 50.2 Å². The molecule has 26 heavy (non-hydrogen) atoms. The van der Waals surface area contributed by atoms with Crippen molar-refractivity contribution in [2.45, 2.75) is 13.8 Å². The van der Waals surface area contributed by atoms with Crippen molar-refractivity contribution in [3.8, 4) is 11.5 Å². The number of aryl methyl sites for hydroxylation is 2. The van der Waals surface area contributed by atoms with Crippen LogP contribution in [0.1, 0.15) is 21.5 Å². The van der Waals surface area contributed by atoms with Gasteiger partial charge in [0.2, 0.25) is 0 Å². The summed E-state index contributed by atoms with van der Waals surface area (Å²) < 4.78 is 5.17. The number of aromatic hydroxyl groups is 1. The number of hydrogen-bond donors (Lipinski definition) is 1. The Morgan fingerprint density at radius 2 is 1.54 bits per heavy atom. The summed E-state index contributed by atoms with van der Waals surface area (Å²) in [4.78, 5) is 19.6. The number of esters is 1. The number of azo groups is 1. The number of carbonyl (C=O) groups excluding carboxylic acids is 1. The maximum absolute atomic E-state index is 12.1. The first kappa shape index (κ1) is 17.2. The molecule has 0 unspecified atom stereocenters. The lowest BCUT2D eigenvalue weighted by molar-refractivity contribution is 0.0733. The van der Waals surface area contributed by atoms with Crippen LogP contribution in [0.5, 0.6) is 11.5 Å². The zero-order valence-corrected chi connectivity index (χ0v) is 14.2. The highest BCUT2D eigenvalue weighted by Gasteiger charge is 2.09. The number of benzene rings is 2. The molecule has 0 fully saturated rings. The molecule has 0 aliphatic heterocycles. The smallest absolute Gasteiger partial charge is 0.343 e. The Hall–Kier alpha value is -3.61. The second-order valence-electron chi connectivity index (χ2n) is 5.64. The molecule has 130 valence electrons. The molecule has 3 aromatic rings. The van der Waals surface area contributed by atoms with Crippen LogP contribution < -0.4 is 4.74 Å². The molecule has 0 bridgehead atoms. The molecule has 0 radical (unpaired) electrons. The Labute approximate surface area is 150 Å². The highest BCUT2D eigenvalue weighted by atomic mass is 16.5. The molecule has 0 amide bonds. The number of phenolic OH excluding ortho intramolecular Hbond substituents is 1. The summed E-state index contributed by atoms with van der Waals surface area (Å²) in [7, 11) is 0. The summed E-state index contributed by atoms with van der Waals surface area (Å²) in [5.41, 5.74) is 3.09. The van der Waals surface area contributed by atoms with E-state index in [-0.39, 0.29) is 11.5 Å². The van der Waals surface area contributed by atoms with Gasteiger partial charge in [-0.3, -0.25) is 0 Å². The fourth-order valence-electron chi connectivity index (χ4n) is 2.27. The SMILES string of the molecule is Cc1cc(/N=N/c2ccc(C(=O)Oc3cncnc3)cc2)cc(C)c1O. The van der Waals surface area contributed by atoms with Gasteiger partial charge in [-0.15, -0.1) is 0 Å². The number of rotatable bonds is 4. The van der Waals surface area contributed by atoms with Crippen LogP contribution >= 0.6 is 0 Å². The summed E-state index contributed by atoms with van der Waals surface area (Å²) in [5.74, 6) is 0.0306. The quantitative estimate of drug-likeness (QED) is 0.555. The first-order chi connectivity index (χ1) is 12.5. The van der Waals surface area contributed by atoms with Gasteiger partial charge in [-0.25, -0.2) is 14.8 Å². The molecule has 0 saturated heterocycles. The van der Waals surface area contributed by atoms with Crippen molar-refractivity contribution in [2.24, 2.45) is 10.2 Å². The van der Waals surface area contributed by atoms with Crippen LogP contribution in [0.15, 0.2) is 65.3 Å². The van der Waals surface area contributed by atoms with Crippen molar-refractivity contribution in [3.63, 3.8) is 0 Å². The van der Waals surface area contributed by atoms with Gasteiger partial charge >= 0.3 is 5.97 Å². The monoisotopic (exact) mass is 348 g/mol. The Morgan fingerprint density at radius 3 is 2.15 bits per heavy atom. The third-order valence-corrected chi connectivity index (χ3v) is 3.61. The predicted molar refractivity (Wildman–Crippen MR) is 95.2 cm³/mol. The molecular formula is C19H16N4O3. The minimum atomic E-state index is -0.506. The highest BCUT2D eigenvalue weighted by molar-refractivity contribution is 5.91. The van der Waals surface area contributed by atoms with Crippen LogP contribution in [0, 0.1) is 13.8 Å². The topological polar surface area (TPSA) is 97.0 Å². The van der Waals surface area contributed by atoms with Crippen LogP contribution in [-0.4, -0.2) is 21.0 Å². The maximum atomic E-state index is 12.1. The summed E-state index contributed by atoms with van der Waals surface area (Å²) in [6, 6.07) is 10.0. The molecule has 7 nitrogen and oxygen atoms in total. The zero-order valence-electron chi connectivity index (χ0n) is 14.2. The number of phenols is 1. The summed E-state index contributed by atoms with van der Waals surface area (Å²) >= 11 is 0. The van der Waals surface area contributed by atoms with Crippen molar-refractivity contribution < 1.29 is 14.6 Å². The van der Waals surface area contributed by atoms with Crippen LogP contribution in [0.25, 0.3) is 0 Å². The van der Waals surface area contributed by atoms with Crippen molar-refractivity contribution in [1.29, 1.82) is 0 Å². The van der Waals surface area contributed by atoms with Gasteiger partial charge in [0.25, 0.3) is 0 Å². The normalized spacial score (nSPS) is 10.8. The van der Waals surface area contributed by atoms with Crippen molar-refractivity contribution >= 4 is 17.3 Å². The molecule has 3 rings (SSSR count). The number of carbonyl (C=O) groups is 1. The van der Waals surface area contributed by atoms with Crippen LogP contribution in [0.3, 0.4) is 0 Å². The third-order valence-electron chi connectivity index (χ3n) is 3.61. The van der Waals surface area contributed by atoms with Crippen LogP contribution in [0.4, 0.5) is 11.4 Å². The second kappa shape index (κ2) is 7.52. The summed E-state index contributed by atoms with van der Waals surface area (Å²) in [6.45, 7) is 3.61. The van der Waals surface area contributed by atoms with Crippen molar-refractivity contribution in [2.75, 3.05) is 0 Å². The number of nitrogens with zero attached hydrogens (tertiary/aromatic N) is 4. The average molecular weight is 348 g/mol. The minimum Gasteiger partial charge on any atom is -0.507 e. The molecule has 1 heterocycles. The van der Waals surface area contributed by atoms with Gasteiger partial charge in [-0.05, 0) is 61.4 Å². The molecule has 0 atom stereocenters. The Bertz CT molecular complexity index is 931. The van der Waals surface area contributed by atoms with Gasteiger partial charge in [-0.2, -0.15) is 10.2 Å². The molecule has 0 aliphatic rings. The fraction of sp³-hybridized carbons (Fsp3) is 0.105. The predicted octanol–water partition coefficient (Wildman–Crippen LogP) is 4.43. The number of hydrogen-bond acceptors (Lipinski definition) is 7. The first-order valence-electron chi connectivity index (χ1n) is 7.82. The largest absolute Gasteiger partial charge is 0.507 e. The molecule has 1 aromatic heterocycles. The van der Waals surface area contributed by atoms with Gasteiger partial charge < -0.3 is 9.84 Å². The van der Waals surface area contributed by atoms with E-state index in [0.29, 0.717) is 16.9 Å². The molecule has 7 heteroatoms. The van der Waals surface area contributed by atoms with E-state index in [2.05, 4.69) is 20.2 Å². The average Bonchev–Trinajstić information content (AvgIpc) is 2.65. The second-order valence-corrected chi connectivity index (χ2v) is 5.64. The zero-order chi connectivity index (χ0) is 18.5. The molecular weight excluding hydrogens is 332 g/mol. The summed E-state index contributed by atoms with van der Waals surface area (Å²) in [5, 5.41) is 18.1. The van der Waals surface area contributed by atoms with Gasteiger partial charge in [0, 0.05) is 0 Å². The summed E-state index contributed by atoms with van der Waals surface area (Å²) in [6.07, 6.45) is 4.18. The molecule has 2 aromatic carbocycles. The van der Waals surface area contributed by atoms with E-state index >= 15 is 0 Å². The Morgan fingerprint density at radius 1 is 0.962 bits per heavy atom. The van der Waals surface area contributed by atoms with Crippen LogP contribution in [-0.2, 0) is 0 Å². The van der Waals surface area contributed by atoms with Crippen molar-refractivity contribution in [3.05, 3.63) is 71.8 Å².